The third-order valence-corrected chi connectivity index (χ3v) is 6.69. The maximum Gasteiger partial charge on any atom is 0.504 e. The number of thiophene rings is 1. The van der Waals surface area contributed by atoms with Crippen LogP contribution in [0.1, 0.15) is 0 Å². The summed E-state index contributed by atoms with van der Waals surface area (Å²) in [6, 6.07) is 29.5. The van der Waals surface area contributed by atoms with Crippen LogP contribution in [0.5, 0.6) is 5.75 Å². The van der Waals surface area contributed by atoms with Crippen molar-refractivity contribution >= 4 is 61.0 Å². The Bertz CT molecular complexity index is 1520. The van der Waals surface area contributed by atoms with E-state index in [-0.39, 0.29) is 7.69 Å². The fourth-order valence-electron chi connectivity index (χ4n) is 4.28. The Labute approximate surface area is 171 Å². The Morgan fingerprint density at radius 3 is 2.41 bits per heavy atom. The molecule has 0 amide bonds. The highest BCUT2D eigenvalue weighted by molar-refractivity contribution is 7.26. The Hall–Kier alpha value is -3.28. The molecule has 0 aliphatic carbocycles. The van der Waals surface area contributed by atoms with Crippen LogP contribution in [0.25, 0.3) is 47.7 Å². The smallest absolute Gasteiger partial charge is 0.504 e. The van der Waals surface area contributed by atoms with Crippen LogP contribution in [0.15, 0.2) is 84.9 Å². The summed E-state index contributed by atoms with van der Waals surface area (Å²) in [5, 5.41) is 14.2. The largest absolute Gasteiger partial charge is 0.539 e. The van der Waals surface area contributed by atoms with E-state index in [1.54, 1.807) is 0 Å². The molecule has 0 unspecified atom stereocenters. The molecule has 0 aliphatic rings. The number of para-hydroxylation sites is 1. The minimum Gasteiger partial charge on any atom is -0.539 e. The second-order valence-electron chi connectivity index (χ2n) is 7.06. The van der Waals surface area contributed by atoms with E-state index in [0.717, 1.165) is 16.6 Å². The summed E-state index contributed by atoms with van der Waals surface area (Å²) < 4.78 is 10.3. The Morgan fingerprint density at radius 2 is 1.55 bits per heavy atom. The molecular formula is C24H16BNO2S. The highest BCUT2D eigenvalue weighted by Gasteiger charge is 2.17. The van der Waals surface area contributed by atoms with Crippen molar-refractivity contribution in [2.75, 3.05) is 0 Å². The first-order valence-corrected chi connectivity index (χ1v) is 10.3. The van der Waals surface area contributed by atoms with Crippen molar-refractivity contribution in [3.63, 3.8) is 0 Å². The summed E-state index contributed by atoms with van der Waals surface area (Å²) in [5.41, 5.74) is 3.43. The lowest BCUT2D eigenvalue weighted by atomic mass is 10.1. The molecule has 0 atom stereocenters. The van der Waals surface area contributed by atoms with E-state index in [9.17, 15) is 5.02 Å². The molecule has 6 aromatic rings. The summed E-state index contributed by atoms with van der Waals surface area (Å²) >= 11 is 1.83. The molecule has 29 heavy (non-hydrogen) atoms. The average Bonchev–Trinajstić information content (AvgIpc) is 3.30. The van der Waals surface area contributed by atoms with Gasteiger partial charge in [-0.05, 0) is 42.5 Å². The molecule has 0 saturated heterocycles. The van der Waals surface area contributed by atoms with Gasteiger partial charge in [-0.15, -0.1) is 11.3 Å². The van der Waals surface area contributed by atoms with Gasteiger partial charge >= 0.3 is 7.69 Å². The van der Waals surface area contributed by atoms with Gasteiger partial charge in [0.25, 0.3) is 0 Å². The number of nitrogens with zero attached hydrogens (tertiary/aromatic N) is 1. The Morgan fingerprint density at radius 1 is 0.759 bits per heavy atom. The quantitative estimate of drug-likeness (QED) is 0.386. The van der Waals surface area contributed by atoms with Crippen LogP contribution in [0.2, 0.25) is 0 Å². The summed E-state index contributed by atoms with van der Waals surface area (Å²) in [6.07, 6.45) is 0. The maximum atomic E-state index is 9.23. The van der Waals surface area contributed by atoms with Crippen molar-refractivity contribution in [3.8, 4) is 11.4 Å². The van der Waals surface area contributed by atoms with Crippen molar-refractivity contribution in [2.45, 2.75) is 0 Å². The molecule has 0 aliphatic heterocycles. The van der Waals surface area contributed by atoms with Crippen molar-refractivity contribution in [1.82, 2.24) is 4.57 Å². The number of aromatic nitrogens is 1. The van der Waals surface area contributed by atoms with E-state index in [1.165, 1.54) is 31.1 Å². The fraction of sp³-hybridized carbons (Fsp3) is 0. The zero-order chi connectivity index (χ0) is 19.4. The molecular weight excluding hydrogens is 377 g/mol. The predicted octanol–water partition coefficient (Wildman–Crippen LogP) is 5.79. The normalized spacial score (nSPS) is 11.6. The van der Waals surface area contributed by atoms with Gasteiger partial charge in [-0.3, -0.25) is 0 Å². The van der Waals surface area contributed by atoms with Crippen molar-refractivity contribution in [2.24, 2.45) is 0 Å². The van der Waals surface area contributed by atoms with Crippen LogP contribution < -0.4 is 4.65 Å². The monoisotopic (exact) mass is 393 g/mol. The number of fused-ring (bicyclic) bond motifs is 7. The topological polar surface area (TPSA) is 34.4 Å². The van der Waals surface area contributed by atoms with E-state index < -0.39 is 0 Å². The minimum atomic E-state index is -0.332. The van der Waals surface area contributed by atoms with Crippen molar-refractivity contribution in [1.29, 1.82) is 0 Å². The van der Waals surface area contributed by atoms with Crippen LogP contribution in [0.4, 0.5) is 0 Å². The zero-order valence-corrected chi connectivity index (χ0v) is 16.3. The highest BCUT2D eigenvalue weighted by atomic mass is 32.1. The minimum absolute atomic E-state index is 0.332. The summed E-state index contributed by atoms with van der Waals surface area (Å²) in [6.45, 7) is 0. The molecule has 0 radical (unpaired) electrons. The summed E-state index contributed by atoms with van der Waals surface area (Å²) in [7, 11) is -0.332. The third kappa shape index (κ3) is 2.41. The van der Waals surface area contributed by atoms with E-state index in [2.05, 4.69) is 71.3 Å². The third-order valence-electron chi connectivity index (χ3n) is 5.49. The molecule has 138 valence electrons. The molecule has 5 heteroatoms. The van der Waals surface area contributed by atoms with E-state index in [0.29, 0.717) is 5.75 Å². The molecule has 1 N–H and O–H groups in total. The van der Waals surface area contributed by atoms with Gasteiger partial charge in [0.05, 0.1) is 11.0 Å². The predicted molar refractivity (Wildman–Crippen MR) is 124 cm³/mol. The number of benzene rings is 4. The van der Waals surface area contributed by atoms with Crippen LogP contribution >= 0.6 is 11.3 Å². The molecule has 6 rings (SSSR count). The second kappa shape index (κ2) is 6.37. The van der Waals surface area contributed by atoms with Gasteiger partial charge < -0.3 is 14.2 Å². The zero-order valence-electron chi connectivity index (χ0n) is 15.5. The molecule has 2 heterocycles. The molecule has 0 fully saturated rings. The fourth-order valence-corrected chi connectivity index (χ4v) is 5.54. The first-order chi connectivity index (χ1) is 14.3. The molecule has 0 saturated carbocycles. The van der Waals surface area contributed by atoms with Gasteiger partial charge in [-0.1, -0.05) is 42.5 Å². The van der Waals surface area contributed by atoms with E-state index in [4.69, 9.17) is 4.65 Å². The lowest BCUT2D eigenvalue weighted by Gasteiger charge is -2.08. The van der Waals surface area contributed by atoms with Crippen LogP contribution in [-0.2, 0) is 0 Å². The Balaban J connectivity index is 1.83. The standard InChI is InChI=1S/C24H16BNO2S/c27-25-28-16-10-12-20-19(14-16)23-21(26(20)15-6-2-1-3-7-15)13-11-18-17-8-4-5-9-22(17)29-24(18)23/h1-14,25,27H. The van der Waals surface area contributed by atoms with Crippen LogP contribution in [-0.4, -0.2) is 17.3 Å². The van der Waals surface area contributed by atoms with Crippen molar-refractivity contribution < 1.29 is 9.68 Å². The van der Waals surface area contributed by atoms with Crippen LogP contribution in [0, 0.1) is 0 Å². The van der Waals surface area contributed by atoms with Gasteiger partial charge in [-0.2, -0.15) is 0 Å². The number of hydrogen-bond acceptors (Lipinski definition) is 3. The molecule has 0 spiro atoms. The Kier molecular flexibility index (Phi) is 3.66. The van der Waals surface area contributed by atoms with E-state index in [1.807, 2.05) is 29.5 Å². The van der Waals surface area contributed by atoms with Gasteiger partial charge in [0.2, 0.25) is 0 Å². The second-order valence-corrected chi connectivity index (χ2v) is 8.11. The molecule has 2 aromatic heterocycles. The molecule has 0 bridgehead atoms. The lowest BCUT2D eigenvalue weighted by Crippen LogP contribution is -1.99. The van der Waals surface area contributed by atoms with Gasteiger partial charge in [0.1, 0.15) is 5.75 Å². The highest BCUT2D eigenvalue weighted by Crippen LogP contribution is 2.43. The van der Waals surface area contributed by atoms with E-state index >= 15 is 0 Å². The first-order valence-electron chi connectivity index (χ1n) is 9.52. The molecule has 4 aromatic carbocycles. The first kappa shape index (κ1) is 16.7. The van der Waals surface area contributed by atoms with Gasteiger partial charge in [-0.25, -0.2) is 0 Å². The average molecular weight is 393 g/mol. The van der Waals surface area contributed by atoms with Crippen LogP contribution in [0.3, 0.4) is 0 Å². The molecule has 3 nitrogen and oxygen atoms in total. The maximum absolute atomic E-state index is 9.23. The van der Waals surface area contributed by atoms with Gasteiger partial charge in [0, 0.05) is 36.6 Å². The van der Waals surface area contributed by atoms with Crippen molar-refractivity contribution in [3.05, 3.63) is 84.9 Å². The number of hydrogen-bond donors (Lipinski definition) is 1. The lowest BCUT2D eigenvalue weighted by molar-refractivity contribution is 0.454. The SMILES string of the molecule is OBOc1ccc2c(c1)c1c3sc4ccccc4c3ccc1n2-c1ccccc1. The number of rotatable bonds is 3. The summed E-state index contributed by atoms with van der Waals surface area (Å²) in [5.74, 6) is 0.672. The van der Waals surface area contributed by atoms with Gasteiger partial charge in [0.15, 0.2) is 0 Å². The summed E-state index contributed by atoms with van der Waals surface area (Å²) in [4.78, 5) is 0.